The molecule has 0 aliphatic carbocycles. The third kappa shape index (κ3) is 3.51. The van der Waals surface area contributed by atoms with Crippen LogP contribution in [0.25, 0.3) is 0 Å². The Kier molecular flexibility index (Phi) is 5.30. The lowest BCUT2D eigenvalue weighted by atomic mass is 9.98. The van der Waals surface area contributed by atoms with Crippen molar-refractivity contribution >= 4 is 0 Å². The Morgan fingerprint density at radius 2 is 2.06 bits per heavy atom. The van der Waals surface area contributed by atoms with Crippen molar-refractivity contribution in [1.82, 2.24) is 0 Å². The molecule has 0 bridgehead atoms. The van der Waals surface area contributed by atoms with Crippen LogP contribution in [0.15, 0.2) is 18.2 Å². The minimum atomic E-state index is -0.429. The van der Waals surface area contributed by atoms with Gasteiger partial charge >= 0.3 is 0 Å². The van der Waals surface area contributed by atoms with Crippen LogP contribution in [-0.4, -0.2) is 13.3 Å². The van der Waals surface area contributed by atoms with Crippen LogP contribution in [0, 0.1) is 6.92 Å². The molecule has 1 unspecified atom stereocenters. The first-order valence-corrected chi connectivity index (χ1v) is 5.87. The van der Waals surface area contributed by atoms with Gasteiger partial charge in [0.2, 0.25) is 0 Å². The number of alkyl halides is 1. The fourth-order valence-corrected chi connectivity index (χ4v) is 1.69. The average Bonchev–Trinajstić information content (AvgIpc) is 2.28. The highest BCUT2D eigenvalue weighted by Gasteiger charge is 2.08. The lowest BCUT2D eigenvalue weighted by molar-refractivity contribution is 0.339. The third-order valence-electron chi connectivity index (χ3n) is 2.50. The van der Waals surface area contributed by atoms with E-state index >= 15 is 0 Å². The Balaban J connectivity index is 2.97. The van der Waals surface area contributed by atoms with Crippen LogP contribution in [0.5, 0.6) is 5.75 Å². The van der Waals surface area contributed by atoms with Gasteiger partial charge in [-0.25, -0.2) is 0 Å². The molecule has 0 saturated heterocycles. The van der Waals surface area contributed by atoms with Crippen molar-refractivity contribution in [3.05, 3.63) is 36.2 Å². The minimum absolute atomic E-state index is 0.295. The number of hydrogen-bond acceptors (Lipinski definition) is 1. The second-order valence-corrected chi connectivity index (χ2v) is 3.94. The molecule has 2 heteroatoms. The van der Waals surface area contributed by atoms with Gasteiger partial charge in [0, 0.05) is 5.92 Å². The van der Waals surface area contributed by atoms with Gasteiger partial charge in [-0.1, -0.05) is 19.4 Å². The molecule has 1 nitrogen and oxygen atoms in total. The normalized spacial score (nSPS) is 12.5. The summed E-state index contributed by atoms with van der Waals surface area (Å²) in [5.74, 6) is 0.529. The third-order valence-corrected chi connectivity index (χ3v) is 2.50. The van der Waals surface area contributed by atoms with E-state index in [0.717, 1.165) is 24.2 Å². The highest BCUT2D eigenvalue weighted by molar-refractivity contribution is 5.37. The van der Waals surface area contributed by atoms with E-state index in [1.165, 1.54) is 5.56 Å². The summed E-state index contributed by atoms with van der Waals surface area (Å²) in [6, 6.07) is 5.95. The Bertz CT molecular complexity index is 298. The zero-order valence-corrected chi connectivity index (χ0v) is 10.1. The summed E-state index contributed by atoms with van der Waals surface area (Å²) in [6.07, 6.45) is 2.07. The van der Waals surface area contributed by atoms with E-state index < -0.39 is 6.67 Å². The molecule has 0 N–H and O–H groups in total. The van der Waals surface area contributed by atoms with Gasteiger partial charge in [0.25, 0.3) is 0 Å². The second-order valence-electron chi connectivity index (χ2n) is 3.94. The number of ether oxygens (including phenoxy) is 1. The number of halogens is 1. The molecule has 0 aliphatic rings. The molecule has 1 aromatic carbocycles. The van der Waals surface area contributed by atoms with Crippen molar-refractivity contribution in [1.29, 1.82) is 0 Å². The summed E-state index contributed by atoms with van der Waals surface area (Å²) in [6.45, 7) is 8.08. The minimum Gasteiger partial charge on any atom is -0.494 e. The monoisotopic (exact) mass is 223 g/mol. The van der Waals surface area contributed by atoms with E-state index in [-0.39, 0.29) is 5.92 Å². The van der Waals surface area contributed by atoms with E-state index in [0.29, 0.717) is 6.61 Å². The Morgan fingerprint density at radius 1 is 1.31 bits per heavy atom. The van der Waals surface area contributed by atoms with Crippen LogP contribution in [0.1, 0.15) is 37.3 Å². The maximum atomic E-state index is 12.6. The maximum absolute atomic E-state index is 12.6. The van der Waals surface area contributed by atoms with Gasteiger partial charge in [0.1, 0.15) is 5.75 Å². The molecule has 0 heterocycles. The predicted octanol–water partition coefficient (Wildman–Crippen LogP) is 3.92. The maximum Gasteiger partial charge on any atom is 0.119 e. The van der Waals surface area contributed by atoms with E-state index in [2.05, 4.69) is 13.8 Å². The Morgan fingerprint density at radius 3 is 2.62 bits per heavy atom. The molecule has 1 radical (unpaired) electrons. The van der Waals surface area contributed by atoms with E-state index in [9.17, 15) is 4.39 Å². The molecule has 0 amide bonds. The van der Waals surface area contributed by atoms with Crippen LogP contribution < -0.4 is 4.74 Å². The SMILES string of the molecule is [CH2]C(CF)c1cc(CCC)cc(OCC)c1. The van der Waals surface area contributed by atoms with Crippen molar-refractivity contribution in [2.24, 2.45) is 0 Å². The van der Waals surface area contributed by atoms with Gasteiger partial charge in [-0.15, -0.1) is 0 Å². The van der Waals surface area contributed by atoms with Crippen LogP contribution in [0.3, 0.4) is 0 Å². The highest BCUT2D eigenvalue weighted by Crippen LogP contribution is 2.24. The van der Waals surface area contributed by atoms with Gasteiger partial charge in [0.15, 0.2) is 0 Å². The quantitative estimate of drug-likeness (QED) is 0.710. The standard InChI is InChI=1S/C14H20FO/c1-4-6-12-7-13(11(3)10-15)9-14(8-12)16-5-2/h7-9,11H,3-6,10H2,1-2H3. The summed E-state index contributed by atoms with van der Waals surface area (Å²) in [5, 5.41) is 0. The van der Waals surface area contributed by atoms with E-state index in [1.807, 2.05) is 25.1 Å². The van der Waals surface area contributed by atoms with Crippen LogP contribution in [-0.2, 0) is 6.42 Å². The largest absolute Gasteiger partial charge is 0.494 e. The summed E-state index contributed by atoms with van der Waals surface area (Å²) in [4.78, 5) is 0. The molecule has 1 atom stereocenters. The lowest BCUT2D eigenvalue weighted by Crippen LogP contribution is -2.00. The molecule has 0 saturated carbocycles. The fourth-order valence-electron chi connectivity index (χ4n) is 1.69. The van der Waals surface area contributed by atoms with E-state index in [4.69, 9.17) is 4.74 Å². The first-order valence-electron chi connectivity index (χ1n) is 5.87. The molecule has 1 aromatic rings. The van der Waals surface area contributed by atoms with Crippen molar-refractivity contribution in [2.45, 2.75) is 32.6 Å². The summed E-state index contributed by atoms with van der Waals surface area (Å²) in [5.41, 5.74) is 2.13. The molecule has 0 aliphatic heterocycles. The molecular formula is C14H20FO. The lowest BCUT2D eigenvalue weighted by Gasteiger charge is -2.12. The number of aryl methyl sites for hydroxylation is 1. The number of benzene rings is 1. The van der Waals surface area contributed by atoms with Gasteiger partial charge in [-0.2, -0.15) is 0 Å². The summed E-state index contributed by atoms with van der Waals surface area (Å²) in [7, 11) is 0. The van der Waals surface area contributed by atoms with Crippen LogP contribution in [0.2, 0.25) is 0 Å². The zero-order valence-electron chi connectivity index (χ0n) is 10.1. The second kappa shape index (κ2) is 6.51. The van der Waals surface area contributed by atoms with Gasteiger partial charge in [-0.05, 0) is 43.5 Å². The summed E-state index contributed by atoms with van der Waals surface area (Å²) < 4.78 is 18.1. The first kappa shape index (κ1) is 13.0. The zero-order chi connectivity index (χ0) is 12.0. The molecular weight excluding hydrogens is 203 g/mol. The van der Waals surface area contributed by atoms with Gasteiger partial charge < -0.3 is 4.74 Å². The molecule has 1 rings (SSSR count). The van der Waals surface area contributed by atoms with E-state index in [1.54, 1.807) is 0 Å². The van der Waals surface area contributed by atoms with Crippen molar-refractivity contribution in [3.63, 3.8) is 0 Å². The Labute approximate surface area is 97.6 Å². The summed E-state index contributed by atoms with van der Waals surface area (Å²) >= 11 is 0. The van der Waals surface area contributed by atoms with Crippen molar-refractivity contribution in [3.8, 4) is 5.75 Å². The molecule has 0 aromatic heterocycles. The average molecular weight is 223 g/mol. The smallest absolute Gasteiger partial charge is 0.119 e. The molecule has 16 heavy (non-hydrogen) atoms. The molecule has 0 spiro atoms. The van der Waals surface area contributed by atoms with Crippen LogP contribution >= 0.6 is 0 Å². The predicted molar refractivity (Wildman–Crippen MR) is 65.7 cm³/mol. The molecule has 0 fully saturated rings. The number of hydrogen-bond donors (Lipinski definition) is 0. The molecule has 89 valence electrons. The highest BCUT2D eigenvalue weighted by atomic mass is 19.1. The number of rotatable bonds is 6. The Hall–Kier alpha value is -1.05. The van der Waals surface area contributed by atoms with Crippen molar-refractivity contribution < 1.29 is 9.13 Å². The van der Waals surface area contributed by atoms with Gasteiger partial charge in [0.05, 0.1) is 13.3 Å². The fraction of sp³-hybridized carbons (Fsp3) is 0.500. The first-order chi connectivity index (χ1) is 7.71. The van der Waals surface area contributed by atoms with Crippen molar-refractivity contribution in [2.75, 3.05) is 13.3 Å². The topological polar surface area (TPSA) is 9.23 Å². The van der Waals surface area contributed by atoms with Crippen LogP contribution in [0.4, 0.5) is 4.39 Å². The van der Waals surface area contributed by atoms with Gasteiger partial charge in [-0.3, -0.25) is 4.39 Å².